The quantitative estimate of drug-likeness (QED) is 0.863. The van der Waals surface area contributed by atoms with Crippen molar-refractivity contribution in [2.45, 2.75) is 39.0 Å². The van der Waals surface area contributed by atoms with Gasteiger partial charge < -0.3 is 9.64 Å². The molecule has 0 aromatic heterocycles. The van der Waals surface area contributed by atoms with Gasteiger partial charge in [-0.05, 0) is 69.0 Å². The molecule has 130 valence electrons. The first-order chi connectivity index (χ1) is 10.8. The Balaban J connectivity index is 2.19. The summed E-state index contributed by atoms with van der Waals surface area (Å²) < 4.78 is 33.7. The highest BCUT2D eigenvalue weighted by Gasteiger charge is 2.26. The van der Waals surface area contributed by atoms with Crippen LogP contribution in [0.3, 0.4) is 0 Å². The van der Waals surface area contributed by atoms with E-state index in [9.17, 15) is 8.42 Å². The van der Waals surface area contributed by atoms with Crippen molar-refractivity contribution in [2.24, 2.45) is 5.92 Å². The molecule has 1 heterocycles. The van der Waals surface area contributed by atoms with E-state index >= 15 is 0 Å². The molecule has 0 unspecified atom stereocenters. The highest BCUT2D eigenvalue weighted by atomic mass is 32.2. The summed E-state index contributed by atoms with van der Waals surface area (Å²) in [5.74, 6) is 1.12. The Morgan fingerprint density at radius 3 is 2.57 bits per heavy atom. The molecule has 0 aliphatic carbocycles. The first-order valence-electron chi connectivity index (χ1n) is 8.17. The smallest absolute Gasteiger partial charge is 0.241 e. The topological polar surface area (TPSA) is 58.6 Å². The largest absolute Gasteiger partial charge is 0.496 e. The van der Waals surface area contributed by atoms with E-state index in [-0.39, 0.29) is 0 Å². The number of nitrogens with one attached hydrogen (secondary N) is 1. The molecule has 0 bridgehead atoms. The molecule has 0 spiro atoms. The standard InChI is InChI=1S/C17H28N2O3S/c1-6-19-8-7-15(11-19)10-18-23(20,21)17-12(2)9-16(22-5)13(3)14(17)4/h9,15,18H,6-8,10-11H2,1-5H3/t15-/m1/s1. The van der Waals surface area contributed by atoms with Crippen LogP contribution in [0.1, 0.15) is 30.0 Å². The Labute approximate surface area is 140 Å². The number of hydrogen-bond donors (Lipinski definition) is 1. The number of rotatable bonds is 6. The van der Waals surface area contributed by atoms with Gasteiger partial charge in [-0.1, -0.05) is 6.92 Å². The molecule has 6 heteroatoms. The summed E-state index contributed by atoms with van der Waals surface area (Å²) >= 11 is 0. The van der Waals surface area contributed by atoms with E-state index in [1.165, 1.54) is 0 Å². The van der Waals surface area contributed by atoms with Crippen LogP contribution in [0, 0.1) is 26.7 Å². The summed E-state index contributed by atoms with van der Waals surface area (Å²) in [5.41, 5.74) is 2.35. The second-order valence-electron chi connectivity index (χ2n) is 6.37. The Hall–Kier alpha value is -1.11. The molecule has 1 aromatic rings. The first kappa shape index (κ1) is 18.2. The molecule has 0 radical (unpaired) electrons. The van der Waals surface area contributed by atoms with E-state index in [1.807, 2.05) is 20.8 Å². The van der Waals surface area contributed by atoms with E-state index in [0.29, 0.717) is 17.4 Å². The van der Waals surface area contributed by atoms with Crippen LogP contribution in [0.15, 0.2) is 11.0 Å². The Bertz CT molecular complexity index is 671. The summed E-state index contributed by atoms with van der Waals surface area (Å²) in [6.07, 6.45) is 1.05. The molecule has 23 heavy (non-hydrogen) atoms. The molecule has 1 N–H and O–H groups in total. The predicted molar refractivity (Wildman–Crippen MR) is 92.6 cm³/mol. The summed E-state index contributed by atoms with van der Waals surface area (Å²) in [5, 5.41) is 0. The second kappa shape index (κ2) is 7.20. The lowest BCUT2D eigenvalue weighted by atomic mass is 10.1. The zero-order valence-corrected chi connectivity index (χ0v) is 15.6. The fraction of sp³-hybridized carbons (Fsp3) is 0.647. The fourth-order valence-corrected chi connectivity index (χ4v) is 4.95. The maximum atomic E-state index is 12.8. The Morgan fingerprint density at radius 1 is 1.30 bits per heavy atom. The minimum Gasteiger partial charge on any atom is -0.496 e. The second-order valence-corrected chi connectivity index (χ2v) is 8.08. The van der Waals surface area contributed by atoms with Crippen LogP contribution in [0.4, 0.5) is 0 Å². The van der Waals surface area contributed by atoms with Crippen LogP contribution in [0.5, 0.6) is 5.75 Å². The third-order valence-electron chi connectivity index (χ3n) is 4.85. The van der Waals surface area contributed by atoms with Gasteiger partial charge in [-0.15, -0.1) is 0 Å². The maximum absolute atomic E-state index is 12.8. The number of aryl methyl sites for hydroxylation is 1. The predicted octanol–water partition coefficient (Wildman–Crippen LogP) is 2.24. The van der Waals surface area contributed by atoms with Gasteiger partial charge in [-0.25, -0.2) is 13.1 Å². The molecular weight excluding hydrogens is 312 g/mol. The van der Waals surface area contributed by atoms with Crippen molar-refractivity contribution in [1.29, 1.82) is 0 Å². The highest BCUT2D eigenvalue weighted by molar-refractivity contribution is 7.89. The van der Waals surface area contributed by atoms with Crippen molar-refractivity contribution < 1.29 is 13.2 Å². The van der Waals surface area contributed by atoms with Gasteiger partial charge in [-0.2, -0.15) is 0 Å². The number of likely N-dealkylation sites (tertiary alicyclic amines) is 1. The van der Waals surface area contributed by atoms with Gasteiger partial charge in [0.25, 0.3) is 0 Å². The average Bonchev–Trinajstić information content (AvgIpc) is 2.97. The summed E-state index contributed by atoms with van der Waals surface area (Å²) in [4.78, 5) is 2.74. The van der Waals surface area contributed by atoms with Crippen LogP contribution in [-0.2, 0) is 10.0 Å². The van der Waals surface area contributed by atoms with E-state index in [2.05, 4.69) is 16.5 Å². The van der Waals surface area contributed by atoms with Gasteiger partial charge in [0, 0.05) is 13.1 Å². The number of ether oxygens (including phenoxy) is 1. The van der Waals surface area contributed by atoms with Gasteiger partial charge >= 0.3 is 0 Å². The van der Waals surface area contributed by atoms with Gasteiger partial charge in [0.1, 0.15) is 5.75 Å². The van der Waals surface area contributed by atoms with Crippen LogP contribution >= 0.6 is 0 Å². The molecule has 1 fully saturated rings. The monoisotopic (exact) mass is 340 g/mol. The third kappa shape index (κ3) is 3.87. The molecule has 0 saturated carbocycles. The van der Waals surface area contributed by atoms with Gasteiger partial charge in [-0.3, -0.25) is 0 Å². The molecule has 2 rings (SSSR count). The van der Waals surface area contributed by atoms with Gasteiger partial charge in [0.05, 0.1) is 12.0 Å². The molecule has 1 aliphatic heterocycles. The average molecular weight is 340 g/mol. The zero-order valence-electron chi connectivity index (χ0n) is 14.8. The Morgan fingerprint density at radius 2 is 2.00 bits per heavy atom. The minimum absolute atomic E-state index is 0.390. The van der Waals surface area contributed by atoms with Crippen LogP contribution < -0.4 is 9.46 Å². The summed E-state index contributed by atoms with van der Waals surface area (Å²) in [7, 11) is -1.90. The van der Waals surface area contributed by atoms with Crippen molar-refractivity contribution in [2.75, 3.05) is 33.3 Å². The lowest BCUT2D eigenvalue weighted by Crippen LogP contribution is -2.32. The molecule has 1 atom stereocenters. The number of benzene rings is 1. The van der Waals surface area contributed by atoms with Gasteiger partial charge in [0.2, 0.25) is 10.0 Å². The zero-order chi connectivity index (χ0) is 17.2. The van der Waals surface area contributed by atoms with Crippen molar-refractivity contribution in [3.8, 4) is 5.75 Å². The van der Waals surface area contributed by atoms with Gasteiger partial charge in [0.15, 0.2) is 0 Å². The molecular formula is C17H28N2O3S. The fourth-order valence-electron chi connectivity index (χ4n) is 3.31. The van der Waals surface area contributed by atoms with Crippen LogP contribution in [-0.4, -0.2) is 46.6 Å². The first-order valence-corrected chi connectivity index (χ1v) is 9.65. The van der Waals surface area contributed by atoms with E-state index in [1.54, 1.807) is 13.2 Å². The highest BCUT2D eigenvalue weighted by Crippen LogP contribution is 2.30. The van der Waals surface area contributed by atoms with Crippen LogP contribution in [0.25, 0.3) is 0 Å². The molecule has 1 aliphatic rings. The van der Waals surface area contributed by atoms with E-state index < -0.39 is 10.0 Å². The van der Waals surface area contributed by atoms with Crippen molar-refractivity contribution >= 4 is 10.0 Å². The number of hydrogen-bond acceptors (Lipinski definition) is 4. The SMILES string of the molecule is CCN1CC[C@H](CNS(=O)(=O)c2c(C)cc(OC)c(C)c2C)C1. The minimum atomic E-state index is -3.50. The lowest BCUT2D eigenvalue weighted by Gasteiger charge is -2.18. The third-order valence-corrected chi connectivity index (χ3v) is 6.56. The normalized spacial score (nSPS) is 19.3. The van der Waals surface area contributed by atoms with Crippen molar-refractivity contribution in [1.82, 2.24) is 9.62 Å². The van der Waals surface area contributed by atoms with Crippen molar-refractivity contribution in [3.05, 3.63) is 22.8 Å². The van der Waals surface area contributed by atoms with Crippen LogP contribution in [0.2, 0.25) is 0 Å². The van der Waals surface area contributed by atoms with Crippen molar-refractivity contribution in [3.63, 3.8) is 0 Å². The summed E-state index contributed by atoms with van der Waals surface area (Å²) in [6, 6.07) is 1.80. The number of nitrogens with zero attached hydrogens (tertiary/aromatic N) is 1. The van der Waals surface area contributed by atoms with E-state index in [4.69, 9.17) is 4.74 Å². The number of sulfonamides is 1. The molecule has 5 nitrogen and oxygen atoms in total. The maximum Gasteiger partial charge on any atom is 0.241 e. The van der Waals surface area contributed by atoms with E-state index in [0.717, 1.165) is 48.5 Å². The number of methoxy groups -OCH3 is 1. The lowest BCUT2D eigenvalue weighted by molar-refractivity contribution is 0.342. The molecule has 0 amide bonds. The molecule has 1 saturated heterocycles. The molecule has 1 aromatic carbocycles. The Kier molecular flexibility index (Phi) is 5.70. The summed E-state index contributed by atoms with van der Waals surface area (Å²) in [6.45, 7) is 11.2.